The molecule has 26 heavy (non-hydrogen) atoms. The molecule has 7 nitrogen and oxygen atoms in total. The molecule has 9 heteroatoms. The summed E-state index contributed by atoms with van der Waals surface area (Å²) in [6, 6.07) is 7.65. The van der Waals surface area contributed by atoms with Gasteiger partial charge in [0.1, 0.15) is 0 Å². The van der Waals surface area contributed by atoms with Crippen molar-refractivity contribution in [3.8, 4) is 0 Å². The molecule has 0 aliphatic carbocycles. The van der Waals surface area contributed by atoms with Gasteiger partial charge in [-0.15, -0.1) is 11.3 Å². The minimum absolute atomic E-state index is 0.121. The van der Waals surface area contributed by atoms with E-state index in [9.17, 15) is 18.0 Å². The zero-order valence-electron chi connectivity index (χ0n) is 14.9. The van der Waals surface area contributed by atoms with Crippen LogP contribution in [0.25, 0.3) is 0 Å². The molecule has 2 rings (SSSR count). The third kappa shape index (κ3) is 4.29. The van der Waals surface area contributed by atoms with E-state index < -0.39 is 21.9 Å². The van der Waals surface area contributed by atoms with Gasteiger partial charge in [-0.05, 0) is 44.2 Å². The Hall–Kier alpha value is -2.23. The second kappa shape index (κ2) is 7.98. The van der Waals surface area contributed by atoms with Gasteiger partial charge in [0.2, 0.25) is 10.0 Å². The average molecular weight is 396 g/mol. The first-order valence-electron chi connectivity index (χ1n) is 7.78. The fraction of sp³-hybridized carbons (Fsp3) is 0.294. The highest BCUT2D eigenvalue weighted by molar-refractivity contribution is 7.89. The first-order valence-corrected chi connectivity index (χ1v) is 10.0. The lowest BCUT2D eigenvalue weighted by Crippen LogP contribution is -2.22. The number of carbonyl (C=O) groups is 2. The van der Waals surface area contributed by atoms with E-state index in [0.717, 1.165) is 15.6 Å². The maximum Gasteiger partial charge on any atom is 0.338 e. The third-order valence-corrected chi connectivity index (χ3v) is 6.63. The quantitative estimate of drug-likeness (QED) is 0.758. The molecule has 1 aromatic heterocycles. The van der Waals surface area contributed by atoms with Crippen LogP contribution in [0.3, 0.4) is 0 Å². The van der Waals surface area contributed by atoms with Crippen LogP contribution in [0.4, 0.5) is 5.69 Å². The Morgan fingerprint density at radius 3 is 2.35 bits per heavy atom. The van der Waals surface area contributed by atoms with Crippen molar-refractivity contribution in [3.63, 3.8) is 0 Å². The standard InChI is InChI=1S/C17H20N2O5S2/c1-5-24-17(21)12-6-8-13(9-7-12)18-16(20)14-10-15(11(2)25-14)26(22,23)19(3)4/h6-10H,5H2,1-4H3,(H,18,20). The van der Waals surface area contributed by atoms with Crippen LogP contribution in [0.15, 0.2) is 35.2 Å². The van der Waals surface area contributed by atoms with Gasteiger partial charge < -0.3 is 10.1 Å². The fourth-order valence-corrected chi connectivity index (χ4v) is 4.48. The number of anilines is 1. The lowest BCUT2D eigenvalue weighted by atomic mass is 10.2. The monoisotopic (exact) mass is 396 g/mol. The molecule has 2 aromatic rings. The molecule has 0 unspecified atom stereocenters. The molecule has 0 saturated carbocycles. The number of nitrogens with zero attached hydrogens (tertiary/aromatic N) is 1. The Morgan fingerprint density at radius 1 is 1.19 bits per heavy atom. The summed E-state index contributed by atoms with van der Waals surface area (Å²) in [6.07, 6.45) is 0. The lowest BCUT2D eigenvalue weighted by molar-refractivity contribution is 0.0526. The molecule has 0 bridgehead atoms. The Kier molecular flexibility index (Phi) is 6.17. The zero-order chi connectivity index (χ0) is 19.5. The lowest BCUT2D eigenvalue weighted by Gasteiger charge is -2.10. The number of esters is 1. The van der Waals surface area contributed by atoms with Gasteiger partial charge in [0.15, 0.2) is 0 Å². The van der Waals surface area contributed by atoms with Gasteiger partial charge in [-0.1, -0.05) is 0 Å². The number of hydrogen-bond acceptors (Lipinski definition) is 6. The number of benzene rings is 1. The first-order chi connectivity index (χ1) is 12.2. The molecule has 0 radical (unpaired) electrons. The Bertz CT molecular complexity index is 915. The van der Waals surface area contributed by atoms with E-state index in [4.69, 9.17) is 4.74 Å². The topological polar surface area (TPSA) is 92.8 Å². The SMILES string of the molecule is CCOC(=O)c1ccc(NC(=O)c2cc(S(=O)(=O)N(C)C)c(C)s2)cc1. The Labute approximate surface area is 156 Å². The average Bonchev–Trinajstić information content (AvgIpc) is 2.98. The van der Waals surface area contributed by atoms with E-state index in [-0.39, 0.29) is 16.4 Å². The highest BCUT2D eigenvalue weighted by atomic mass is 32.2. The minimum Gasteiger partial charge on any atom is -0.462 e. The summed E-state index contributed by atoms with van der Waals surface area (Å²) < 4.78 is 30.5. The van der Waals surface area contributed by atoms with Crippen molar-refractivity contribution < 1.29 is 22.7 Å². The number of rotatable bonds is 6. The highest BCUT2D eigenvalue weighted by Crippen LogP contribution is 2.28. The molecule has 0 aliphatic heterocycles. The molecule has 0 aliphatic rings. The van der Waals surface area contributed by atoms with Crippen molar-refractivity contribution in [2.24, 2.45) is 0 Å². The predicted molar refractivity (Wildman–Crippen MR) is 100 cm³/mol. The minimum atomic E-state index is -3.60. The van der Waals surface area contributed by atoms with Crippen molar-refractivity contribution in [1.82, 2.24) is 4.31 Å². The van der Waals surface area contributed by atoms with Gasteiger partial charge in [-0.2, -0.15) is 0 Å². The van der Waals surface area contributed by atoms with Crippen LogP contribution in [0, 0.1) is 6.92 Å². The van der Waals surface area contributed by atoms with Crippen LogP contribution in [0.2, 0.25) is 0 Å². The third-order valence-electron chi connectivity index (χ3n) is 3.51. The maximum absolute atomic E-state index is 12.4. The van der Waals surface area contributed by atoms with E-state index in [0.29, 0.717) is 16.1 Å². The molecule has 1 aromatic carbocycles. The first kappa shape index (κ1) is 20.1. The number of amides is 1. The van der Waals surface area contributed by atoms with Crippen LogP contribution >= 0.6 is 11.3 Å². The van der Waals surface area contributed by atoms with Crippen molar-refractivity contribution in [2.45, 2.75) is 18.7 Å². The van der Waals surface area contributed by atoms with Crippen molar-refractivity contribution in [1.29, 1.82) is 0 Å². The summed E-state index contributed by atoms with van der Waals surface area (Å²) in [7, 11) is -0.718. The molecular weight excluding hydrogens is 376 g/mol. The fourth-order valence-electron chi connectivity index (χ4n) is 2.13. The smallest absolute Gasteiger partial charge is 0.338 e. The van der Waals surface area contributed by atoms with Gasteiger partial charge in [0.05, 0.1) is 21.9 Å². The molecule has 0 fully saturated rings. The predicted octanol–water partition coefficient (Wildman–Crippen LogP) is 2.74. The summed E-state index contributed by atoms with van der Waals surface area (Å²) in [5, 5.41) is 2.69. The molecule has 1 amide bonds. The van der Waals surface area contributed by atoms with Crippen molar-refractivity contribution in [3.05, 3.63) is 45.6 Å². The summed E-state index contributed by atoms with van der Waals surface area (Å²) in [4.78, 5) is 25.0. The number of nitrogens with one attached hydrogen (secondary N) is 1. The van der Waals surface area contributed by atoms with Crippen molar-refractivity contribution >= 4 is 38.9 Å². The Morgan fingerprint density at radius 2 is 1.81 bits per heavy atom. The van der Waals surface area contributed by atoms with Crippen LogP contribution in [0.5, 0.6) is 0 Å². The van der Waals surface area contributed by atoms with E-state index >= 15 is 0 Å². The van der Waals surface area contributed by atoms with Gasteiger partial charge in [0.25, 0.3) is 5.91 Å². The summed E-state index contributed by atoms with van der Waals surface area (Å²) >= 11 is 1.11. The summed E-state index contributed by atoms with van der Waals surface area (Å²) in [5.74, 6) is -0.847. The maximum atomic E-state index is 12.4. The second-order valence-electron chi connectivity index (χ2n) is 5.57. The van der Waals surface area contributed by atoms with Gasteiger partial charge in [-0.3, -0.25) is 4.79 Å². The van der Waals surface area contributed by atoms with Crippen LogP contribution in [0.1, 0.15) is 31.8 Å². The molecule has 1 N–H and O–H groups in total. The number of thiophene rings is 1. The summed E-state index contributed by atoms with van der Waals surface area (Å²) in [6.45, 7) is 3.67. The van der Waals surface area contributed by atoms with Crippen LogP contribution < -0.4 is 5.32 Å². The van der Waals surface area contributed by atoms with Crippen LogP contribution in [-0.4, -0.2) is 45.3 Å². The second-order valence-corrected chi connectivity index (χ2v) is 8.95. The van der Waals surface area contributed by atoms with E-state index in [1.807, 2.05) is 0 Å². The van der Waals surface area contributed by atoms with Gasteiger partial charge in [0, 0.05) is 24.7 Å². The molecule has 0 saturated heterocycles. The van der Waals surface area contributed by atoms with E-state index in [1.54, 1.807) is 38.1 Å². The van der Waals surface area contributed by atoms with Crippen LogP contribution in [-0.2, 0) is 14.8 Å². The number of ether oxygens (including phenoxy) is 1. The number of hydrogen-bond donors (Lipinski definition) is 1. The molecule has 140 valence electrons. The number of aryl methyl sites for hydroxylation is 1. The Balaban J connectivity index is 2.17. The highest BCUT2D eigenvalue weighted by Gasteiger charge is 2.24. The number of sulfonamides is 1. The molecular formula is C17H20N2O5S2. The van der Waals surface area contributed by atoms with Crippen molar-refractivity contribution in [2.75, 3.05) is 26.0 Å². The van der Waals surface area contributed by atoms with E-state index in [1.165, 1.54) is 20.2 Å². The van der Waals surface area contributed by atoms with Gasteiger partial charge >= 0.3 is 5.97 Å². The summed E-state index contributed by atoms with van der Waals surface area (Å²) in [5.41, 5.74) is 0.877. The normalized spacial score (nSPS) is 11.4. The van der Waals surface area contributed by atoms with E-state index in [2.05, 4.69) is 5.32 Å². The molecule has 0 spiro atoms. The van der Waals surface area contributed by atoms with Gasteiger partial charge in [-0.25, -0.2) is 17.5 Å². The largest absolute Gasteiger partial charge is 0.462 e. The molecule has 1 heterocycles. The zero-order valence-corrected chi connectivity index (χ0v) is 16.5. The molecule has 0 atom stereocenters. The number of carbonyl (C=O) groups excluding carboxylic acids is 2.